The van der Waals surface area contributed by atoms with Crippen LogP contribution < -0.4 is 5.73 Å². The molecular formula is C17H23FN2O3S. The van der Waals surface area contributed by atoms with E-state index in [2.05, 4.69) is 4.99 Å². The van der Waals surface area contributed by atoms with E-state index < -0.39 is 27.6 Å². The minimum absolute atomic E-state index is 0.0190. The van der Waals surface area contributed by atoms with Crippen LogP contribution in [-0.4, -0.2) is 26.7 Å². The van der Waals surface area contributed by atoms with Gasteiger partial charge in [0.05, 0.1) is 4.75 Å². The molecule has 0 aromatic heterocycles. The third kappa shape index (κ3) is 5.56. The minimum atomic E-state index is -0.986. The maximum Gasteiger partial charge on any atom is 0.263 e. The van der Waals surface area contributed by atoms with Crippen molar-refractivity contribution in [3.8, 4) is 5.75 Å². The smallest absolute Gasteiger partial charge is 0.263 e. The van der Waals surface area contributed by atoms with Crippen LogP contribution in [0.3, 0.4) is 0 Å². The molecule has 0 saturated carbocycles. The van der Waals surface area contributed by atoms with Gasteiger partial charge in [-0.1, -0.05) is 20.8 Å². The Labute approximate surface area is 145 Å². The number of carbonyl (C=O) groups excluding carboxylic acids is 1. The fraction of sp³-hybridized carbons (Fsp3) is 0.412. The third-order valence-electron chi connectivity index (χ3n) is 3.09. The number of nitrogens with zero attached hydrogens (tertiary/aromatic N) is 1. The number of amidine groups is 1. The van der Waals surface area contributed by atoms with Crippen LogP contribution in [-0.2, 0) is 4.79 Å². The number of allylic oxidation sites excluding steroid dienone is 1. The van der Waals surface area contributed by atoms with Crippen LogP contribution in [0.1, 0.15) is 34.6 Å². The number of amides is 1. The van der Waals surface area contributed by atoms with E-state index in [0.29, 0.717) is 4.90 Å². The number of rotatable bonds is 4. The maximum atomic E-state index is 13.1. The van der Waals surface area contributed by atoms with Crippen molar-refractivity contribution >= 4 is 23.5 Å². The van der Waals surface area contributed by atoms with E-state index in [1.165, 1.54) is 18.2 Å². The molecule has 0 radical (unpaired) electrons. The molecule has 1 amide bonds. The number of aliphatic imine (C=N–C) groups is 1. The highest BCUT2D eigenvalue weighted by Gasteiger charge is 2.29. The van der Waals surface area contributed by atoms with E-state index in [4.69, 9.17) is 5.73 Å². The van der Waals surface area contributed by atoms with Crippen molar-refractivity contribution in [2.45, 2.75) is 44.3 Å². The van der Waals surface area contributed by atoms with Gasteiger partial charge in [0.1, 0.15) is 11.6 Å². The number of phenols is 1. The molecule has 0 unspecified atom stereocenters. The van der Waals surface area contributed by atoms with Crippen molar-refractivity contribution in [1.82, 2.24) is 0 Å². The maximum absolute atomic E-state index is 13.1. The van der Waals surface area contributed by atoms with Crippen LogP contribution >= 0.6 is 11.8 Å². The molecular weight excluding hydrogens is 331 g/mol. The van der Waals surface area contributed by atoms with Crippen LogP contribution in [0, 0.1) is 11.2 Å². The minimum Gasteiger partial charge on any atom is -0.512 e. The summed E-state index contributed by atoms with van der Waals surface area (Å²) in [5.41, 5.74) is 5.20. The molecule has 4 N–H and O–H groups in total. The zero-order valence-corrected chi connectivity index (χ0v) is 15.2. The molecule has 1 aromatic rings. The second-order valence-electron chi connectivity index (χ2n) is 6.85. The van der Waals surface area contributed by atoms with Crippen molar-refractivity contribution in [1.29, 1.82) is 0 Å². The van der Waals surface area contributed by atoms with E-state index >= 15 is 0 Å². The molecule has 1 rings (SSSR count). The van der Waals surface area contributed by atoms with E-state index in [0.717, 1.165) is 17.8 Å². The van der Waals surface area contributed by atoms with Crippen LogP contribution in [0.15, 0.2) is 39.9 Å². The van der Waals surface area contributed by atoms with Crippen molar-refractivity contribution in [3.63, 3.8) is 0 Å². The normalized spacial score (nSPS) is 13.9. The number of carbonyl (C=O) groups is 1. The van der Waals surface area contributed by atoms with Crippen molar-refractivity contribution in [2.75, 3.05) is 0 Å². The van der Waals surface area contributed by atoms with E-state index in [1.807, 2.05) is 0 Å². The molecule has 0 fully saturated rings. The summed E-state index contributed by atoms with van der Waals surface area (Å²) < 4.78 is 12.1. The van der Waals surface area contributed by atoms with Gasteiger partial charge in [0.2, 0.25) is 0 Å². The van der Waals surface area contributed by atoms with Gasteiger partial charge in [-0.05, 0) is 32.0 Å². The van der Waals surface area contributed by atoms with Gasteiger partial charge in [0.15, 0.2) is 11.6 Å². The topological polar surface area (TPSA) is 95.9 Å². The second-order valence-corrected chi connectivity index (χ2v) is 8.54. The lowest BCUT2D eigenvalue weighted by molar-refractivity contribution is -0.119. The number of benzene rings is 1. The lowest BCUT2D eigenvalue weighted by Crippen LogP contribution is -2.28. The first kappa shape index (κ1) is 20.0. The van der Waals surface area contributed by atoms with Crippen LogP contribution in [0.5, 0.6) is 5.75 Å². The second kappa shape index (κ2) is 7.25. The van der Waals surface area contributed by atoms with Gasteiger partial charge < -0.3 is 15.9 Å². The number of aliphatic hydroxyl groups is 1. The molecule has 0 aliphatic carbocycles. The zero-order chi connectivity index (χ0) is 18.7. The number of thioether (sulfide) groups is 1. The standard InChI is InChI=1S/C17H23FN2O3S/c1-16(2,3)13(22)9-14(19)20-15(23)17(4,5)24-10-6-7-11(18)12(21)8-10/h6-9,21-22H,1-5H3,(H2,19,20,23)/b13-9-. The number of nitrogens with two attached hydrogens (primary N) is 1. The van der Waals surface area contributed by atoms with E-state index in [1.54, 1.807) is 34.6 Å². The number of halogens is 1. The van der Waals surface area contributed by atoms with Crippen LogP contribution in [0.2, 0.25) is 0 Å². The Hall–Kier alpha value is -2.02. The van der Waals surface area contributed by atoms with Gasteiger partial charge in [-0.25, -0.2) is 4.39 Å². The summed E-state index contributed by atoms with van der Waals surface area (Å²) in [5, 5.41) is 19.3. The monoisotopic (exact) mass is 354 g/mol. The Bertz CT molecular complexity index is 692. The molecule has 0 bridgehead atoms. The predicted octanol–water partition coefficient (Wildman–Crippen LogP) is 3.77. The quantitative estimate of drug-likeness (QED) is 0.331. The highest BCUT2D eigenvalue weighted by atomic mass is 32.2. The lowest BCUT2D eigenvalue weighted by Gasteiger charge is -2.20. The summed E-state index contributed by atoms with van der Waals surface area (Å²) in [7, 11) is 0. The van der Waals surface area contributed by atoms with E-state index in [9.17, 15) is 19.4 Å². The highest BCUT2D eigenvalue weighted by Crippen LogP contribution is 2.35. The lowest BCUT2D eigenvalue weighted by atomic mass is 9.93. The number of hydrogen-bond acceptors (Lipinski definition) is 4. The highest BCUT2D eigenvalue weighted by molar-refractivity contribution is 8.01. The molecule has 132 valence electrons. The SMILES string of the molecule is CC(C)(Sc1ccc(F)c(O)c1)C(=O)N=C(N)/C=C(\O)C(C)(C)C. The van der Waals surface area contributed by atoms with Gasteiger partial charge in [-0.3, -0.25) is 4.79 Å². The number of aromatic hydroxyl groups is 1. The average Bonchev–Trinajstić information content (AvgIpc) is 2.41. The summed E-state index contributed by atoms with van der Waals surface area (Å²) in [6.07, 6.45) is 1.25. The molecule has 0 heterocycles. The summed E-state index contributed by atoms with van der Waals surface area (Å²) in [6, 6.07) is 3.83. The molecule has 7 heteroatoms. The number of aliphatic hydroxyl groups excluding tert-OH is 1. The molecule has 0 atom stereocenters. The van der Waals surface area contributed by atoms with Gasteiger partial charge in [0, 0.05) is 16.4 Å². The predicted molar refractivity (Wildman–Crippen MR) is 94.8 cm³/mol. The van der Waals surface area contributed by atoms with Crippen LogP contribution in [0.4, 0.5) is 4.39 Å². The Morgan fingerprint density at radius 2 is 1.88 bits per heavy atom. The zero-order valence-electron chi connectivity index (χ0n) is 14.4. The molecule has 0 spiro atoms. The first-order valence-corrected chi connectivity index (χ1v) is 8.12. The molecule has 1 aromatic carbocycles. The largest absolute Gasteiger partial charge is 0.512 e. The molecule has 5 nitrogen and oxygen atoms in total. The summed E-state index contributed by atoms with van der Waals surface area (Å²) >= 11 is 1.12. The molecule has 0 aliphatic rings. The Balaban J connectivity index is 2.95. The van der Waals surface area contributed by atoms with Gasteiger partial charge in [-0.2, -0.15) is 4.99 Å². The van der Waals surface area contributed by atoms with Gasteiger partial charge >= 0.3 is 0 Å². The average molecular weight is 354 g/mol. The number of hydrogen-bond donors (Lipinski definition) is 3. The Morgan fingerprint density at radius 3 is 2.38 bits per heavy atom. The fourth-order valence-electron chi connectivity index (χ4n) is 1.53. The fourth-order valence-corrected chi connectivity index (χ4v) is 2.56. The first-order valence-electron chi connectivity index (χ1n) is 7.30. The van der Waals surface area contributed by atoms with Crippen molar-refractivity contribution < 1.29 is 19.4 Å². The molecule has 0 aliphatic heterocycles. The third-order valence-corrected chi connectivity index (χ3v) is 4.26. The van der Waals surface area contributed by atoms with Crippen molar-refractivity contribution in [3.05, 3.63) is 35.9 Å². The van der Waals surface area contributed by atoms with Gasteiger partial charge in [0.25, 0.3) is 5.91 Å². The van der Waals surface area contributed by atoms with E-state index in [-0.39, 0.29) is 11.6 Å². The first-order chi connectivity index (χ1) is 10.8. The summed E-state index contributed by atoms with van der Waals surface area (Å²) in [6.45, 7) is 8.69. The Kier molecular flexibility index (Phi) is 6.05. The summed E-state index contributed by atoms with van der Waals surface area (Å²) in [5.74, 6) is -1.79. The Morgan fingerprint density at radius 1 is 1.29 bits per heavy atom. The van der Waals surface area contributed by atoms with Gasteiger partial charge in [-0.15, -0.1) is 11.8 Å². The van der Waals surface area contributed by atoms with Crippen LogP contribution in [0.25, 0.3) is 0 Å². The number of phenolic OH excluding ortho intramolecular Hbond substituents is 1. The summed E-state index contributed by atoms with van der Waals surface area (Å²) in [4.78, 5) is 16.6. The molecule has 24 heavy (non-hydrogen) atoms. The molecule has 0 saturated heterocycles. The van der Waals surface area contributed by atoms with Crippen molar-refractivity contribution in [2.24, 2.45) is 16.1 Å².